The first-order chi connectivity index (χ1) is 12.3. The van der Waals surface area contributed by atoms with Crippen molar-refractivity contribution >= 4 is 39.1 Å². The fraction of sp³-hybridized carbons (Fsp3) is 0.500. The van der Waals surface area contributed by atoms with Crippen molar-refractivity contribution in [2.45, 2.75) is 30.6 Å². The molecule has 2 fully saturated rings. The maximum absolute atomic E-state index is 12.9. The Labute approximate surface area is 164 Å². The predicted octanol–water partition coefficient (Wildman–Crippen LogP) is 3.57. The van der Waals surface area contributed by atoms with Crippen molar-refractivity contribution in [3.05, 3.63) is 40.4 Å². The number of likely N-dealkylation sites (tertiary alicyclic amines) is 1. The molecule has 3 rings (SSSR count). The average Bonchev–Trinajstić information content (AvgIpc) is 2.64. The van der Waals surface area contributed by atoms with Crippen LogP contribution in [0.3, 0.4) is 0 Å². The Morgan fingerprint density at radius 2 is 1.69 bits per heavy atom. The molecule has 0 saturated carbocycles. The molecule has 0 unspecified atom stereocenters. The van der Waals surface area contributed by atoms with Gasteiger partial charge in [-0.2, -0.15) is 4.31 Å². The summed E-state index contributed by atoms with van der Waals surface area (Å²) in [5.41, 5.74) is 1.19. The molecule has 2 saturated heterocycles. The van der Waals surface area contributed by atoms with Crippen LogP contribution in [-0.4, -0.2) is 49.7 Å². The summed E-state index contributed by atoms with van der Waals surface area (Å²) >= 11 is 12.0. The molecule has 0 radical (unpaired) electrons. The van der Waals surface area contributed by atoms with Crippen molar-refractivity contribution in [2.75, 3.05) is 26.2 Å². The van der Waals surface area contributed by atoms with Gasteiger partial charge in [-0.15, -0.1) is 0 Å². The molecule has 0 spiro atoms. The molecule has 2 heterocycles. The summed E-state index contributed by atoms with van der Waals surface area (Å²) in [6, 6.07) is 4.41. The summed E-state index contributed by atoms with van der Waals surface area (Å²) in [6.07, 6.45) is 2.75. The number of nitrogens with zero attached hydrogens (tertiary/aromatic N) is 2. The molecule has 8 heteroatoms. The van der Waals surface area contributed by atoms with E-state index in [0.717, 1.165) is 12.8 Å². The number of piperidine rings is 2. The van der Waals surface area contributed by atoms with Crippen molar-refractivity contribution < 1.29 is 13.2 Å². The van der Waals surface area contributed by atoms with Gasteiger partial charge in [0.25, 0.3) is 0 Å². The van der Waals surface area contributed by atoms with Crippen LogP contribution in [0.25, 0.3) is 0 Å². The number of halogens is 2. The fourth-order valence-corrected chi connectivity index (χ4v) is 5.67. The van der Waals surface area contributed by atoms with E-state index in [-0.39, 0.29) is 21.7 Å². The van der Waals surface area contributed by atoms with Gasteiger partial charge in [-0.1, -0.05) is 35.4 Å². The van der Waals surface area contributed by atoms with Crippen LogP contribution in [0, 0.1) is 5.92 Å². The van der Waals surface area contributed by atoms with E-state index in [1.54, 1.807) is 6.07 Å². The van der Waals surface area contributed by atoms with Gasteiger partial charge >= 0.3 is 0 Å². The largest absolute Gasteiger partial charge is 0.342 e. The second kappa shape index (κ2) is 7.89. The molecule has 1 aromatic rings. The van der Waals surface area contributed by atoms with Gasteiger partial charge in [-0.05, 0) is 43.9 Å². The summed E-state index contributed by atoms with van der Waals surface area (Å²) in [4.78, 5) is 14.6. The van der Waals surface area contributed by atoms with E-state index < -0.39 is 10.0 Å². The molecule has 26 heavy (non-hydrogen) atoms. The van der Waals surface area contributed by atoms with E-state index in [1.165, 1.54) is 22.0 Å². The third kappa shape index (κ3) is 4.09. The molecule has 0 N–H and O–H groups in total. The molecule has 1 amide bonds. The Morgan fingerprint density at radius 3 is 2.31 bits per heavy atom. The Hall–Kier alpha value is -1.08. The Balaban J connectivity index is 1.65. The van der Waals surface area contributed by atoms with Crippen LogP contribution in [0.1, 0.15) is 25.7 Å². The lowest BCUT2D eigenvalue weighted by molar-refractivity contribution is -0.137. The highest BCUT2D eigenvalue weighted by molar-refractivity contribution is 7.89. The average molecular weight is 417 g/mol. The standard InChI is InChI=1S/C18H22Cl2N2O3S/c1-13-4-8-21(9-5-13)18(23)14-6-10-22(11-7-14)26(24,25)17-12-15(19)2-3-16(17)20/h2-3,12,14H,1,4-11H2. The summed E-state index contributed by atoms with van der Waals surface area (Å²) in [5, 5.41) is 0.478. The maximum Gasteiger partial charge on any atom is 0.244 e. The molecule has 0 aliphatic carbocycles. The van der Waals surface area contributed by atoms with E-state index in [2.05, 4.69) is 6.58 Å². The van der Waals surface area contributed by atoms with Gasteiger partial charge in [-0.3, -0.25) is 4.79 Å². The topological polar surface area (TPSA) is 57.7 Å². The van der Waals surface area contributed by atoms with E-state index in [1.807, 2.05) is 4.90 Å². The first-order valence-electron chi connectivity index (χ1n) is 8.69. The van der Waals surface area contributed by atoms with Crippen molar-refractivity contribution in [3.63, 3.8) is 0 Å². The summed E-state index contributed by atoms with van der Waals surface area (Å²) < 4.78 is 27.1. The zero-order valence-corrected chi connectivity index (χ0v) is 16.8. The molecule has 5 nitrogen and oxygen atoms in total. The van der Waals surface area contributed by atoms with Crippen LogP contribution in [0.5, 0.6) is 0 Å². The third-order valence-corrected chi connectivity index (χ3v) is 7.71. The van der Waals surface area contributed by atoms with Gasteiger partial charge in [0, 0.05) is 37.1 Å². The summed E-state index contributed by atoms with van der Waals surface area (Å²) in [5.74, 6) is 0.0120. The highest BCUT2D eigenvalue weighted by Crippen LogP contribution is 2.31. The normalized spacial score (nSPS) is 20.4. The molecule has 0 bridgehead atoms. The van der Waals surface area contributed by atoms with E-state index in [4.69, 9.17) is 23.2 Å². The molecule has 142 valence electrons. The minimum atomic E-state index is -3.72. The van der Waals surface area contributed by atoms with Crippen LogP contribution in [0.2, 0.25) is 10.0 Å². The van der Waals surface area contributed by atoms with Crippen molar-refractivity contribution in [3.8, 4) is 0 Å². The van der Waals surface area contributed by atoms with Gasteiger partial charge in [0.1, 0.15) is 4.90 Å². The summed E-state index contributed by atoms with van der Waals surface area (Å²) in [7, 11) is -3.72. The van der Waals surface area contributed by atoms with Gasteiger partial charge < -0.3 is 4.90 Å². The monoisotopic (exact) mass is 416 g/mol. The second-order valence-electron chi connectivity index (χ2n) is 6.83. The van der Waals surface area contributed by atoms with Gasteiger partial charge in [-0.25, -0.2) is 8.42 Å². The van der Waals surface area contributed by atoms with Crippen LogP contribution in [-0.2, 0) is 14.8 Å². The van der Waals surface area contributed by atoms with E-state index in [0.29, 0.717) is 44.0 Å². The lowest BCUT2D eigenvalue weighted by atomic mass is 9.95. The molecule has 1 aromatic carbocycles. The maximum atomic E-state index is 12.9. The third-order valence-electron chi connectivity index (χ3n) is 5.10. The van der Waals surface area contributed by atoms with Crippen LogP contribution in [0.4, 0.5) is 0 Å². The van der Waals surface area contributed by atoms with E-state index >= 15 is 0 Å². The SMILES string of the molecule is C=C1CCN(C(=O)C2CCN(S(=O)(=O)c3cc(Cl)ccc3Cl)CC2)CC1. The van der Waals surface area contributed by atoms with Crippen LogP contribution < -0.4 is 0 Å². The van der Waals surface area contributed by atoms with Crippen molar-refractivity contribution in [2.24, 2.45) is 5.92 Å². The van der Waals surface area contributed by atoms with Crippen molar-refractivity contribution in [1.82, 2.24) is 9.21 Å². The first kappa shape index (κ1) is 19.7. The minimum Gasteiger partial charge on any atom is -0.342 e. The zero-order chi connectivity index (χ0) is 18.9. The van der Waals surface area contributed by atoms with Crippen LogP contribution >= 0.6 is 23.2 Å². The molecule has 2 aliphatic rings. The number of carbonyl (C=O) groups is 1. The molecule has 0 atom stereocenters. The highest BCUT2D eigenvalue weighted by atomic mass is 35.5. The number of hydrogen-bond acceptors (Lipinski definition) is 3. The molecular formula is C18H22Cl2N2O3S. The first-order valence-corrected chi connectivity index (χ1v) is 10.9. The number of carbonyl (C=O) groups excluding carboxylic acids is 1. The Kier molecular flexibility index (Phi) is 5.97. The lowest BCUT2D eigenvalue weighted by Crippen LogP contribution is -2.45. The number of amides is 1. The number of hydrogen-bond donors (Lipinski definition) is 0. The number of sulfonamides is 1. The zero-order valence-electron chi connectivity index (χ0n) is 14.5. The van der Waals surface area contributed by atoms with Crippen molar-refractivity contribution in [1.29, 1.82) is 0 Å². The smallest absolute Gasteiger partial charge is 0.244 e. The quantitative estimate of drug-likeness (QED) is 0.707. The second-order valence-corrected chi connectivity index (χ2v) is 9.58. The molecule has 0 aromatic heterocycles. The summed E-state index contributed by atoms with van der Waals surface area (Å²) in [6.45, 7) is 6.02. The Bertz CT molecular complexity index is 808. The van der Waals surface area contributed by atoms with Gasteiger partial charge in [0.15, 0.2) is 0 Å². The van der Waals surface area contributed by atoms with Crippen LogP contribution in [0.15, 0.2) is 35.2 Å². The van der Waals surface area contributed by atoms with Gasteiger partial charge in [0.05, 0.1) is 5.02 Å². The van der Waals surface area contributed by atoms with Gasteiger partial charge in [0.2, 0.25) is 15.9 Å². The number of rotatable bonds is 3. The molecular weight excluding hydrogens is 395 g/mol. The van der Waals surface area contributed by atoms with E-state index in [9.17, 15) is 13.2 Å². The number of benzene rings is 1. The predicted molar refractivity (Wildman–Crippen MR) is 103 cm³/mol. The molecule has 2 aliphatic heterocycles. The highest BCUT2D eigenvalue weighted by Gasteiger charge is 2.35. The fourth-order valence-electron chi connectivity index (χ4n) is 3.46. The minimum absolute atomic E-state index is 0.0194. The Morgan fingerprint density at radius 1 is 1.08 bits per heavy atom. The lowest BCUT2D eigenvalue weighted by Gasteiger charge is -2.35.